The van der Waals surface area contributed by atoms with Gasteiger partial charge >= 0.3 is 0 Å². The van der Waals surface area contributed by atoms with E-state index in [-0.39, 0.29) is 6.04 Å². The predicted octanol–water partition coefficient (Wildman–Crippen LogP) is 1.97. The largest absolute Gasteiger partial charge is 0.493 e. The zero-order valence-electron chi connectivity index (χ0n) is 9.73. The highest BCUT2D eigenvalue weighted by Crippen LogP contribution is 2.26. The molecule has 0 saturated carbocycles. The lowest BCUT2D eigenvalue weighted by Gasteiger charge is -2.19. The van der Waals surface area contributed by atoms with Gasteiger partial charge in [-0.05, 0) is 31.2 Å². The SMILES string of the molecule is CC(C#N)N(C)Cc1ccc2c(c1)CCO2. The maximum Gasteiger partial charge on any atom is 0.122 e. The lowest BCUT2D eigenvalue weighted by molar-refractivity contribution is 0.294. The number of benzene rings is 1. The van der Waals surface area contributed by atoms with Crippen molar-refractivity contribution in [3.63, 3.8) is 0 Å². The number of rotatable bonds is 3. The molecule has 0 radical (unpaired) electrons. The lowest BCUT2D eigenvalue weighted by atomic mass is 10.1. The van der Waals surface area contributed by atoms with Gasteiger partial charge in [-0.1, -0.05) is 12.1 Å². The topological polar surface area (TPSA) is 36.3 Å². The number of nitriles is 1. The molecule has 1 aromatic rings. The van der Waals surface area contributed by atoms with Crippen LogP contribution in [0, 0.1) is 11.3 Å². The molecular formula is C13H16N2O. The fraction of sp³-hybridized carbons (Fsp3) is 0.462. The van der Waals surface area contributed by atoms with Crippen molar-refractivity contribution in [2.75, 3.05) is 13.7 Å². The van der Waals surface area contributed by atoms with Crippen molar-refractivity contribution in [1.29, 1.82) is 5.26 Å². The Hall–Kier alpha value is -1.53. The first-order chi connectivity index (χ1) is 7.70. The van der Waals surface area contributed by atoms with Gasteiger partial charge in [-0.2, -0.15) is 5.26 Å². The second kappa shape index (κ2) is 4.54. The van der Waals surface area contributed by atoms with Crippen LogP contribution in [0.15, 0.2) is 18.2 Å². The second-order valence-electron chi connectivity index (χ2n) is 4.26. The summed E-state index contributed by atoms with van der Waals surface area (Å²) in [4.78, 5) is 2.04. The third kappa shape index (κ3) is 2.17. The van der Waals surface area contributed by atoms with Gasteiger partial charge in [-0.15, -0.1) is 0 Å². The molecule has 1 aliphatic rings. The van der Waals surface area contributed by atoms with E-state index in [9.17, 15) is 0 Å². The minimum atomic E-state index is -0.0514. The standard InChI is InChI=1S/C13H16N2O/c1-10(8-14)15(2)9-11-3-4-13-12(7-11)5-6-16-13/h3-4,7,10H,5-6,9H2,1-2H3. The molecule has 1 aliphatic heterocycles. The summed E-state index contributed by atoms with van der Waals surface area (Å²) < 4.78 is 5.46. The molecule has 84 valence electrons. The van der Waals surface area contributed by atoms with E-state index in [2.05, 4.69) is 18.2 Å². The molecule has 1 aromatic carbocycles. The molecule has 1 unspecified atom stereocenters. The highest BCUT2D eigenvalue weighted by molar-refractivity contribution is 5.39. The Bertz CT molecular complexity index is 422. The Balaban J connectivity index is 2.08. The predicted molar refractivity (Wildman–Crippen MR) is 62.2 cm³/mol. The molecular weight excluding hydrogens is 200 g/mol. The van der Waals surface area contributed by atoms with Gasteiger partial charge in [0.2, 0.25) is 0 Å². The van der Waals surface area contributed by atoms with Crippen LogP contribution in [-0.2, 0) is 13.0 Å². The van der Waals surface area contributed by atoms with Gasteiger partial charge in [-0.25, -0.2) is 0 Å². The average Bonchev–Trinajstić information content (AvgIpc) is 2.75. The first-order valence-corrected chi connectivity index (χ1v) is 5.55. The Kier molecular flexibility index (Phi) is 3.12. The molecule has 0 aromatic heterocycles. The van der Waals surface area contributed by atoms with E-state index in [1.807, 2.05) is 24.9 Å². The third-order valence-corrected chi connectivity index (χ3v) is 3.03. The van der Waals surface area contributed by atoms with E-state index >= 15 is 0 Å². The number of hydrogen-bond acceptors (Lipinski definition) is 3. The fourth-order valence-electron chi connectivity index (χ4n) is 1.86. The second-order valence-corrected chi connectivity index (χ2v) is 4.26. The van der Waals surface area contributed by atoms with Crippen LogP contribution in [0.1, 0.15) is 18.1 Å². The zero-order chi connectivity index (χ0) is 11.5. The van der Waals surface area contributed by atoms with Gasteiger partial charge in [0.15, 0.2) is 0 Å². The summed E-state index contributed by atoms with van der Waals surface area (Å²) in [7, 11) is 1.97. The first-order valence-electron chi connectivity index (χ1n) is 5.55. The van der Waals surface area contributed by atoms with Gasteiger partial charge in [0.1, 0.15) is 5.75 Å². The van der Waals surface area contributed by atoms with E-state index in [1.165, 1.54) is 11.1 Å². The maximum absolute atomic E-state index is 8.83. The molecule has 1 atom stereocenters. The summed E-state index contributed by atoms with van der Waals surface area (Å²) in [5, 5.41) is 8.83. The normalized spacial score (nSPS) is 15.4. The summed E-state index contributed by atoms with van der Waals surface area (Å²) >= 11 is 0. The lowest BCUT2D eigenvalue weighted by Crippen LogP contribution is -2.26. The number of hydrogen-bond donors (Lipinski definition) is 0. The molecule has 0 aliphatic carbocycles. The van der Waals surface area contributed by atoms with Crippen LogP contribution in [0.4, 0.5) is 0 Å². The molecule has 2 rings (SSSR count). The van der Waals surface area contributed by atoms with Gasteiger partial charge in [0.25, 0.3) is 0 Å². The highest BCUT2D eigenvalue weighted by atomic mass is 16.5. The molecule has 16 heavy (non-hydrogen) atoms. The molecule has 0 saturated heterocycles. The summed E-state index contributed by atoms with van der Waals surface area (Å²) in [6, 6.07) is 8.48. The summed E-state index contributed by atoms with van der Waals surface area (Å²) in [5.41, 5.74) is 2.53. The molecule has 0 N–H and O–H groups in total. The third-order valence-electron chi connectivity index (χ3n) is 3.03. The smallest absolute Gasteiger partial charge is 0.122 e. The Morgan fingerprint density at radius 2 is 2.38 bits per heavy atom. The Morgan fingerprint density at radius 1 is 1.56 bits per heavy atom. The monoisotopic (exact) mass is 216 g/mol. The van der Waals surface area contributed by atoms with Gasteiger partial charge in [0.05, 0.1) is 18.7 Å². The van der Waals surface area contributed by atoms with Crippen molar-refractivity contribution < 1.29 is 4.74 Å². The molecule has 0 amide bonds. The van der Waals surface area contributed by atoms with Crippen LogP contribution >= 0.6 is 0 Å². The van der Waals surface area contributed by atoms with Gasteiger partial charge in [-0.3, -0.25) is 4.90 Å². The van der Waals surface area contributed by atoms with Crippen LogP contribution < -0.4 is 4.74 Å². The Morgan fingerprint density at radius 3 is 3.12 bits per heavy atom. The molecule has 3 heteroatoms. The van der Waals surface area contributed by atoms with Crippen molar-refractivity contribution in [2.45, 2.75) is 25.9 Å². The minimum absolute atomic E-state index is 0.0514. The summed E-state index contributed by atoms with van der Waals surface area (Å²) in [6.07, 6.45) is 1.00. The highest BCUT2D eigenvalue weighted by Gasteiger charge is 2.13. The van der Waals surface area contributed by atoms with E-state index in [4.69, 9.17) is 10.00 Å². The van der Waals surface area contributed by atoms with Crippen LogP contribution in [0.25, 0.3) is 0 Å². The zero-order valence-corrected chi connectivity index (χ0v) is 9.73. The van der Waals surface area contributed by atoms with Crippen LogP contribution in [0.5, 0.6) is 5.75 Å². The minimum Gasteiger partial charge on any atom is -0.493 e. The molecule has 0 bridgehead atoms. The molecule has 3 nitrogen and oxygen atoms in total. The average molecular weight is 216 g/mol. The van der Waals surface area contributed by atoms with Crippen LogP contribution in [0.2, 0.25) is 0 Å². The van der Waals surface area contributed by atoms with Crippen molar-refractivity contribution in [1.82, 2.24) is 4.90 Å². The quantitative estimate of drug-likeness (QED) is 0.775. The first kappa shape index (κ1) is 11.0. The number of fused-ring (bicyclic) bond motifs is 1. The van der Waals surface area contributed by atoms with Crippen molar-refractivity contribution >= 4 is 0 Å². The van der Waals surface area contributed by atoms with E-state index in [0.29, 0.717) is 0 Å². The number of nitrogens with zero attached hydrogens (tertiary/aromatic N) is 2. The van der Waals surface area contributed by atoms with Gasteiger partial charge < -0.3 is 4.74 Å². The molecule has 1 heterocycles. The van der Waals surface area contributed by atoms with Crippen molar-refractivity contribution in [2.24, 2.45) is 0 Å². The van der Waals surface area contributed by atoms with Crippen molar-refractivity contribution in [3.05, 3.63) is 29.3 Å². The molecule has 0 fully saturated rings. The maximum atomic E-state index is 8.83. The van der Waals surface area contributed by atoms with E-state index in [0.717, 1.165) is 25.3 Å². The van der Waals surface area contributed by atoms with E-state index in [1.54, 1.807) is 0 Å². The summed E-state index contributed by atoms with van der Waals surface area (Å²) in [6.45, 7) is 3.52. The number of ether oxygens (including phenoxy) is 1. The molecule has 0 spiro atoms. The Labute approximate surface area is 96.2 Å². The summed E-state index contributed by atoms with van der Waals surface area (Å²) in [5.74, 6) is 1.01. The van der Waals surface area contributed by atoms with Crippen LogP contribution in [-0.4, -0.2) is 24.6 Å². The van der Waals surface area contributed by atoms with Crippen LogP contribution in [0.3, 0.4) is 0 Å². The fourth-order valence-corrected chi connectivity index (χ4v) is 1.86. The van der Waals surface area contributed by atoms with E-state index < -0.39 is 0 Å². The van der Waals surface area contributed by atoms with Crippen molar-refractivity contribution in [3.8, 4) is 11.8 Å². The van der Waals surface area contributed by atoms with Gasteiger partial charge in [0, 0.05) is 13.0 Å².